The van der Waals surface area contributed by atoms with Gasteiger partial charge in [-0.2, -0.15) is 0 Å². The maximum Gasteiger partial charge on any atom is 0.194 e. The molecule has 0 aliphatic rings. The second-order valence-corrected chi connectivity index (χ2v) is 5.96. The lowest BCUT2D eigenvalue weighted by molar-refractivity contribution is 0.476. The molecule has 7 heteroatoms. The summed E-state index contributed by atoms with van der Waals surface area (Å²) in [4.78, 5) is 6.86. The first kappa shape index (κ1) is 20.9. The molecule has 0 aliphatic heterocycles. The van der Waals surface area contributed by atoms with E-state index in [0.717, 1.165) is 30.6 Å². The van der Waals surface area contributed by atoms with Crippen LogP contribution in [0.5, 0.6) is 0 Å². The van der Waals surface area contributed by atoms with Crippen LogP contribution < -0.4 is 5.32 Å². The number of para-hydroxylation sites is 1. The fourth-order valence-electron chi connectivity index (χ4n) is 2.72. The molecule has 1 heterocycles. The molecular formula is C20H25IN6. The highest BCUT2D eigenvalue weighted by atomic mass is 127. The molecule has 0 aliphatic carbocycles. The van der Waals surface area contributed by atoms with Crippen molar-refractivity contribution in [1.29, 1.82) is 0 Å². The molecule has 3 aromatic rings. The maximum absolute atomic E-state index is 4.75. The second-order valence-electron chi connectivity index (χ2n) is 5.96. The summed E-state index contributed by atoms with van der Waals surface area (Å²) in [5.41, 5.74) is 2.28. The van der Waals surface area contributed by atoms with Crippen LogP contribution in [0.4, 0.5) is 0 Å². The van der Waals surface area contributed by atoms with Gasteiger partial charge >= 0.3 is 0 Å². The number of aliphatic imine (C=N–C) groups is 1. The summed E-state index contributed by atoms with van der Waals surface area (Å²) >= 11 is 0. The largest absolute Gasteiger partial charge is 0.357 e. The fraction of sp³-hybridized carbons (Fsp3) is 0.250. The summed E-state index contributed by atoms with van der Waals surface area (Å²) in [6, 6.07) is 20.4. The zero-order chi connectivity index (χ0) is 18.2. The Morgan fingerprint density at radius 2 is 1.74 bits per heavy atom. The third kappa shape index (κ3) is 5.78. The molecule has 0 spiro atoms. The zero-order valence-electron chi connectivity index (χ0n) is 15.6. The Hall–Kier alpha value is -2.42. The Bertz CT molecular complexity index is 832. The van der Waals surface area contributed by atoms with Crippen LogP contribution in [0.3, 0.4) is 0 Å². The van der Waals surface area contributed by atoms with Crippen LogP contribution in [0.1, 0.15) is 18.3 Å². The molecule has 3 rings (SSSR count). The molecule has 0 saturated carbocycles. The summed E-state index contributed by atoms with van der Waals surface area (Å²) in [7, 11) is 2.04. The van der Waals surface area contributed by atoms with Gasteiger partial charge in [-0.05, 0) is 24.6 Å². The Morgan fingerprint density at radius 1 is 1.07 bits per heavy atom. The van der Waals surface area contributed by atoms with Gasteiger partial charge in [0, 0.05) is 25.8 Å². The van der Waals surface area contributed by atoms with Crippen LogP contribution in [-0.2, 0) is 13.1 Å². The number of nitrogens with one attached hydrogen (secondary N) is 1. The molecule has 0 amide bonds. The zero-order valence-corrected chi connectivity index (χ0v) is 17.9. The van der Waals surface area contributed by atoms with Gasteiger partial charge in [-0.1, -0.05) is 48.5 Å². The van der Waals surface area contributed by atoms with Crippen molar-refractivity contribution < 1.29 is 0 Å². The first-order valence-corrected chi connectivity index (χ1v) is 8.75. The van der Waals surface area contributed by atoms with Crippen LogP contribution >= 0.6 is 24.0 Å². The molecule has 1 N–H and O–H groups in total. The third-order valence-electron chi connectivity index (χ3n) is 3.98. The Labute approximate surface area is 177 Å². The number of benzene rings is 2. The van der Waals surface area contributed by atoms with Gasteiger partial charge in [0.15, 0.2) is 11.8 Å². The summed E-state index contributed by atoms with van der Waals surface area (Å²) in [6.07, 6.45) is 1.72. The van der Waals surface area contributed by atoms with Crippen molar-refractivity contribution in [2.75, 3.05) is 13.6 Å². The molecule has 0 atom stereocenters. The molecular weight excluding hydrogens is 451 g/mol. The van der Waals surface area contributed by atoms with E-state index in [1.54, 1.807) is 6.33 Å². The van der Waals surface area contributed by atoms with Crippen LogP contribution in [0.2, 0.25) is 0 Å². The molecule has 142 valence electrons. The van der Waals surface area contributed by atoms with E-state index in [-0.39, 0.29) is 24.0 Å². The minimum absolute atomic E-state index is 0. The van der Waals surface area contributed by atoms with Gasteiger partial charge in [0.25, 0.3) is 0 Å². The molecule has 0 bridgehead atoms. The third-order valence-corrected chi connectivity index (χ3v) is 3.98. The average Bonchev–Trinajstić information content (AvgIpc) is 3.15. The first-order valence-electron chi connectivity index (χ1n) is 8.75. The highest BCUT2D eigenvalue weighted by Gasteiger charge is 2.09. The van der Waals surface area contributed by atoms with Crippen molar-refractivity contribution in [3.8, 4) is 5.69 Å². The Kier molecular flexibility index (Phi) is 8.25. The predicted octanol–water partition coefficient (Wildman–Crippen LogP) is 3.48. The molecule has 27 heavy (non-hydrogen) atoms. The van der Waals surface area contributed by atoms with Crippen molar-refractivity contribution in [1.82, 2.24) is 25.0 Å². The molecule has 0 radical (unpaired) electrons. The summed E-state index contributed by atoms with van der Waals surface area (Å²) in [5.74, 6) is 1.65. The van der Waals surface area contributed by atoms with Crippen LogP contribution in [-0.4, -0.2) is 39.2 Å². The standard InChI is InChI=1S/C20H24N6.HI/c1-3-21-20(25(2)15-17-10-6-4-7-11-17)22-14-19-24-23-16-26(19)18-12-8-5-9-13-18;/h4-13,16H,3,14-15H2,1-2H3,(H,21,22);1H. The number of hydrogen-bond acceptors (Lipinski definition) is 3. The average molecular weight is 476 g/mol. The molecule has 1 aromatic heterocycles. The van der Waals surface area contributed by atoms with Gasteiger partial charge < -0.3 is 10.2 Å². The number of aromatic nitrogens is 3. The van der Waals surface area contributed by atoms with Crippen molar-refractivity contribution >= 4 is 29.9 Å². The van der Waals surface area contributed by atoms with E-state index >= 15 is 0 Å². The van der Waals surface area contributed by atoms with E-state index in [9.17, 15) is 0 Å². The van der Waals surface area contributed by atoms with E-state index in [0.29, 0.717) is 6.54 Å². The van der Waals surface area contributed by atoms with Crippen molar-refractivity contribution in [3.05, 3.63) is 78.4 Å². The SMILES string of the molecule is CCNC(=NCc1nncn1-c1ccccc1)N(C)Cc1ccccc1.I. The quantitative estimate of drug-likeness (QED) is 0.336. The number of halogens is 1. The van der Waals surface area contributed by atoms with Crippen LogP contribution in [0.15, 0.2) is 72.0 Å². The van der Waals surface area contributed by atoms with Gasteiger partial charge in [0.1, 0.15) is 12.9 Å². The van der Waals surface area contributed by atoms with Gasteiger partial charge in [-0.15, -0.1) is 34.2 Å². The number of hydrogen-bond donors (Lipinski definition) is 1. The monoisotopic (exact) mass is 476 g/mol. The van der Waals surface area contributed by atoms with Crippen LogP contribution in [0, 0.1) is 0 Å². The van der Waals surface area contributed by atoms with E-state index in [1.165, 1.54) is 5.56 Å². The minimum atomic E-state index is 0. The maximum atomic E-state index is 4.75. The minimum Gasteiger partial charge on any atom is -0.357 e. The molecule has 2 aromatic carbocycles. The normalized spacial score (nSPS) is 11.0. The molecule has 6 nitrogen and oxygen atoms in total. The number of guanidine groups is 1. The highest BCUT2D eigenvalue weighted by Crippen LogP contribution is 2.10. The molecule has 0 saturated heterocycles. The van der Waals surface area contributed by atoms with Gasteiger partial charge in [0.05, 0.1) is 0 Å². The first-order chi connectivity index (χ1) is 12.8. The summed E-state index contributed by atoms with van der Waals surface area (Å²) in [6.45, 7) is 4.12. The smallest absolute Gasteiger partial charge is 0.194 e. The number of nitrogens with zero attached hydrogens (tertiary/aromatic N) is 5. The van der Waals surface area contributed by atoms with E-state index in [1.807, 2.05) is 48.0 Å². The van der Waals surface area contributed by atoms with Gasteiger partial charge in [0.2, 0.25) is 0 Å². The van der Waals surface area contributed by atoms with E-state index in [2.05, 4.69) is 51.6 Å². The molecule has 0 unspecified atom stereocenters. The summed E-state index contributed by atoms with van der Waals surface area (Å²) < 4.78 is 1.96. The number of rotatable bonds is 6. The Balaban J connectivity index is 0.00000261. The van der Waals surface area contributed by atoms with Gasteiger partial charge in [-0.3, -0.25) is 4.57 Å². The topological polar surface area (TPSA) is 58.3 Å². The van der Waals surface area contributed by atoms with E-state index < -0.39 is 0 Å². The lowest BCUT2D eigenvalue weighted by Gasteiger charge is -2.22. The van der Waals surface area contributed by atoms with Crippen molar-refractivity contribution in [2.45, 2.75) is 20.0 Å². The van der Waals surface area contributed by atoms with Crippen LogP contribution in [0.25, 0.3) is 5.69 Å². The van der Waals surface area contributed by atoms with Crippen molar-refractivity contribution in [2.24, 2.45) is 4.99 Å². The lowest BCUT2D eigenvalue weighted by Crippen LogP contribution is -2.38. The Morgan fingerprint density at radius 3 is 2.41 bits per heavy atom. The predicted molar refractivity (Wildman–Crippen MR) is 119 cm³/mol. The van der Waals surface area contributed by atoms with Crippen molar-refractivity contribution in [3.63, 3.8) is 0 Å². The molecule has 0 fully saturated rings. The van der Waals surface area contributed by atoms with E-state index in [4.69, 9.17) is 4.99 Å². The highest BCUT2D eigenvalue weighted by molar-refractivity contribution is 14.0. The van der Waals surface area contributed by atoms with Gasteiger partial charge in [-0.25, -0.2) is 4.99 Å². The lowest BCUT2D eigenvalue weighted by atomic mass is 10.2. The summed E-state index contributed by atoms with van der Waals surface area (Å²) in [5, 5.41) is 11.6. The second kappa shape index (κ2) is 10.7. The fourth-order valence-corrected chi connectivity index (χ4v) is 2.72.